The number of rotatable bonds is 5. The van der Waals surface area contributed by atoms with Crippen molar-refractivity contribution in [1.29, 1.82) is 0 Å². The fourth-order valence-corrected chi connectivity index (χ4v) is 5.30. The first-order valence-corrected chi connectivity index (χ1v) is 13.9. The maximum Gasteiger partial charge on any atom is 0.230 e. The summed E-state index contributed by atoms with van der Waals surface area (Å²) in [6, 6.07) is 35.8. The second-order valence-electron chi connectivity index (χ2n) is 12.0. The molecule has 0 fully saturated rings. The number of phenols is 1. The van der Waals surface area contributed by atoms with Gasteiger partial charge in [-0.3, -0.25) is 4.98 Å². The molecular formula is C37H33N2O2Pt-. The Morgan fingerprint density at radius 3 is 2.12 bits per heavy atom. The Morgan fingerprint density at radius 2 is 1.43 bits per heavy atom. The SMILES string of the molecule is CC(C)(C)c1ccc(-c2[c-]c(-c3cccc4oc(-c5ccccc5O)nc34)ccc2C(C)(C)c2ccccc2)nc1.[Pt]. The molecule has 1 N–H and O–H groups in total. The monoisotopic (exact) mass is 732 g/mol. The van der Waals surface area contributed by atoms with Crippen LogP contribution in [0.25, 0.3) is 44.9 Å². The maximum atomic E-state index is 10.4. The Balaban J connectivity index is 0.00000353. The van der Waals surface area contributed by atoms with Crippen LogP contribution >= 0.6 is 0 Å². The van der Waals surface area contributed by atoms with Crippen molar-refractivity contribution >= 4 is 11.1 Å². The van der Waals surface area contributed by atoms with E-state index in [2.05, 4.69) is 89.2 Å². The maximum absolute atomic E-state index is 10.4. The summed E-state index contributed by atoms with van der Waals surface area (Å²) in [5, 5.41) is 10.4. The summed E-state index contributed by atoms with van der Waals surface area (Å²) in [6.45, 7) is 11.1. The number of aromatic nitrogens is 2. The molecule has 0 amide bonds. The summed E-state index contributed by atoms with van der Waals surface area (Å²) >= 11 is 0. The minimum Gasteiger partial charge on any atom is -0.507 e. The van der Waals surface area contributed by atoms with Crippen LogP contribution in [0.15, 0.2) is 108 Å². The number of hydrogen-bond donors (Lipinski definition) is 1. The van der Waals surface area contributed by atoms with E-state index in [1.807, 2.05) is 36.5 Å². The number of para-hydroxylation sites is 2. The molecule has 0 unspecified atom stereocenters. The van der Waals surface area contributed by atoms with Gasteiger partial charge in [0.25, 0.3) is 0 Å². The van der Waals surface area contributed by atoms with Gasteiger partial charge in [-0.1, -0.05) is 118 Å². The largest absolute Gasteiger partial charge is 0.507 e. The number of benzene rings is 4. The molecule has 0 saturated carbocycles. The summed E-state index contributed by atoms with van der Waals surface area (Å²) in [5.74, 6) is 0.513. The average molecular weight is 733 g/mol. The average Bonchev–Trinajstić information content (AvgIpc) is 3.41. The van der Waals surface area contributed by atoms with Crippen molar-refractivity contribution in [3.63, 3.8) is 0 Å². The van der Waals surface area contributed by atoms with Gasteiger partial charge in [-0.25, -0.2) is 4.98 Å². The predicted octanol–water partition coefficient (Wildman–Crippen LogP) is 9.35. The Morgan fingerprint density at radius 1 is 0.714 bits per heavy atom. The van der Waals surface area contributed by atoms with Gasteiger partial charge >= 0.3 is 0 Å². The number of fused-ring (bicyclic) bond motifs is 1. The standard InChI is InChI=1S/C37H33N2O2.Pt/c1-36(2,3)26-19-21-31(38-23-26)29-22-24(18-20-30(29)37(4,5)25-12-7-6-8-13-25)27-15-11-17-33-34(27)39-35(41-33)28-14-9-10-16-32(28)40;/h6-21,23,40H,1-5H3;/q-1;. The second kappa shape index (κ2) is 11.3. The van der Waals surface area contributed by atoms with Crippen molar-refractivity contribution in [2.45, 2.75) is 45.4 Å². The first kappa shape index (κ1) is 29.5. The van der Waals surface area contributed by atoms with E-state index in [0.717, 1.165) is 33.5 Å². The van der Waals surface area contributed by atoms with E-state index in [1.54, 1.807) is 18.2 Å². The van der Waals surface area contributed by atoms with Crippen molar-refractivity contribution in [3.8, 4) is 39.6 Å². The minimum absolute atomic E-state index is 0. The van der Waals surface area contributed by atoms with Crippen LogP contribution in [0.5, 0.6) is 5.75 Å². The molecule has 4 aromatic carbocycles. The van der Waals surface area contributed by atoms with Gasteiger partial charge in [-0.15, -0.1) is 23.8 Å². The van der Waals surface area contributed by atoms with E-state index in [4.69, 9.17) is 14.4 Å². The zero-order chi connectivity index (χ0) is 28.8. The third kappa shape index (κ3) is 5.44. The molecule has 2 aromatic heterocycles. The van der Waals surface area contributed by atoms with Crippen LogP contribution in [0.2, 0.25) is 0 Å². The first-order valence-electron chi connectivity index (χ1n) is 13.9. The van der Waals surface area contributed by atoms with Gasteiger partial charge in [0.2, 0.25) is 5.89 Å². The van der Waals surface area contributed by atoms with E-state index < -0.39 is 0 Å². The third-order valence-corrected chi connectivity index (χ3v) is 7.84. The van der Waals surface area contributed by atoms with Crippen LogP contribution in [0, 0.1) is 6.07 Å². The summed E-state index contributed by atoms with van der Waals surface area (Å²) in [6.07, 6.45) is 1.98. The summed E-state index contributed by atoms with van der Waals surface area (Å²) in [4.78, 5) is 9.76. The molecule has 6 rings (SSSR count). The zero-order valence-corrected chi connectivity index (χ0v) is 26.7. The molecule has 0 aliphatic carbocycles. The molecule has 0 aliphatic heterocycles. The van der Waals surface area contributed by atoms with Gasteiger partial charge in [-0.05, 0) is 40.2 Å². The molecule has 4 nitrogen and oxygen atoms in total. The molecule has 6 aromatic rings. The Bertz CT molecular complexity index is 1850. The zero-order valence-electron chi connectivity index (χ0n) is 24.4. The molecule has 0 saturated heterocycles. The number of hydrogen-bond acceptors (Lipinski definition) is 4. The normalized spacial score (nSPS) is 11.8. The Hall–Kier alpha value is -4.01. The van der Waals surface area contributed by atoms with E-state index in [1.165, 1.54) is 11.1 Å². The molecule has 5 heteroatoms. The van der Waals surface area contributed by atoms with E-state index in [9.17, 15) is 5.11 Å². The van der Waals surface area contributed by atoms with E-state index >= 15 is 0 Å². The summed E-state index contributed by atoms with van der Waals surface area (Å²) in [7, 11) is 0. The molecule has 42 heavy (non-hydrogen) atoms. The quantitative estimate of drug-likeness (QED) is 0.180. The molecule has 214 valence electrons. The van der Waals surface area contributed by atoms with Crippen molar-refractivity contribution < 1.29 is 30.6 Å². The molecule has 0 aliphatic rings. The van der Waals surface area contributed by atoms with Gasteiger partial charge in [0.05, 0.1) is 11.1 Å². The molecule has 0 spiro atoms. The van der Waals surface area contributed by atoms with Gasteiger partial charge in [0, 0.05) is 33.0 Å². The molecule has 0 atom stereocenters. The Labute approximate surface area is 261 Å². The van der Waals surface area contributed by atoms with E-state index in [-0.39, 0.29) is 37.6 Å². The van der Waals surface area contributed by atoms with Gasteiger partial charge < -0.3 is 9.52 Å². The van der Waals surface area contributed by atoms with Crippen molar-refractivity contribution in [2.75, 3.05) is 0 Å². The predicted molar refractivity (Wildman–Crippen MR) is 166 cm³/mol. The smallest absolute Gasteiger partial charge is 0.230 e. The second-order valence-corrected chi connectivity index (χ2v) is 12.0. The fraction of sp³-hybridized carbons (Fsp3) is 0.189. The minimum atomic E-state index is -0.284. The van der Waals surface area contributed by atoms with Crippen LogP contribution in [0.3, 0.4) is 0 Å². The van der Waals surface area contributed by atoms with Crippen molar-refractivity contribution in [1.82, 2.24) is 9.97 Å². The van der Waals surface area contributed by atoms with Crippen LogP contribution in [0.1, 0.15) is 51.3 Å². The van der Waals surface area contributed by atoms with Crippen LogP contribution in [-0.2, 0) is 31.9 Å². The van der Waals surface area contributed by atoms with Gasteiger partial charge in [0.1, 0.15) is 11.3 Å². The summed E-state index contributed by atoms with van der Waals surface area (Å²) in [5.41, 5.74) is 8.85. The topological polar surface area (TPSA) is 59.2 Å². The number of oxazole rings is 1. The molecule has 0 bridgehead atoms. The van der Waals surface area contributed by atoms with Crippen LogP contribution in [-0.4, -0.2) is 15.1 Å². The van der Waals surface area contributed by atoms with Gasteiger partial charge in [0.15, 0.2) is 0 Å². The number of phenolic OH excluding ortho intramolecular Hbond substituents is 1. The number of aromatic hydroxyl groups is 1. The van der Waals surface area contributed by atoms with E-state index in [0.29, 0.717) is 17.0 Å². The number of nitrogens with zero attached hydrogens (tertiary/aromatic N) is 2. The summed E-state index contributed by atoms with van der Waals surface area (Å²) < 4.78 is 6.10. The first-order chi connectivity index (χ1) is 19.6. The fourth-order valence-electron chi connectivity index (χ4n) is 5.30. The Kier molecular flexibility index (Phi) is 7.96. The van der Waals surface area contributed by atoms with Crippen LogP contribution < -0.4 is 0 Å². The molecule has 2 heterocycles. The van der Waals surface area contributed by atoms with Crippen molar-refractivity contribution in [3.05, 3.63) is 126 Å². The third-order valence-electron chi connectivity index (χ3n) is 7.84. The van der Waals surface area contributed by atoms with Gasteiger partial charge in [-0.2, -0.15) is 0 Å². The van der Waals surface area contributed by atoms with Crippen LogP contribution in [0.4, 0.5) is 0 Å². The molecule has 0 radical (unpaired) electrons. The van der Waals surface area contributed by atoms with Crippen molar-refractivity contribution in [2.24, 2.45) is 0 Å². The number of pyridine rings is 1. The molecular weight excluding hydrogens is 699 g/mol.